The van der Waals surface area contributed by atoms with Crippen LogP contribution in [-0.2, 0) is 10.0 Å². The van der Waals surface area contributed by atoms with Crippen LogP contribution in [0.3, 0.4) is 0 Å². The minimum absolute atomic E-state index is 0.0297. The number of anilines is 1. The number of rotatable bonds is 6. The zero-order valence-electron chi connectivity index (χ0n) is 11.5. The molecule has 0 spiro atoms. The van der Waals surface area contributed by atoms with Crippen LogP contribution in [0.25, 0.3) is 0 Å². The van der Waals surface area contributed by atoms with Gasteiger partial charge in [-0.2, -0.15) is 9.57 Å². The van der Waals surface area contributed by atoms with E-state index in [0.717, 1.165) is 12.8 Å². The lowest BCUT2D eigenvalue weighted by Gasteiger charge is -2.22. The van der Waals surface area contributed by atoms with E-state index in [-0.39, 0.29) is 29.7 Å². The summed E-state index contributed by atoms with van der Waals surface area (Å²) < 4.78 is 32.8. The minimum Gasteiger partial charge on any atom is -0.495 e. The molecule has 1 aromatic rings. The van der Waals surface area contributed by atoms with Gasteiger partial charge >= 0.3 is 0 Å². The van der Waals surface area contributed by atoms with Crippen LogP contribution in [0, 0.1) is 11.3 Å². The first-order valence-corrected chi connectivity index (χ1v) is 8.67. The van der Waals surface area contributed by atoms with Crippen molar-refractivity contribution < 1.29 is 13.2 Å². The van der Waals surface area contributed by atoms with Crippen LogP contribution in [0.1, 0.15) is 19.3 Å². The Labute approximate surface area is 132 Å². The summed E-state index contributed by atoms with van der Waals surface area (Å²) in [5, 5.41) is 8.71. The Hall–Kier alpha value is -1.30. The van der Waals surface area contributed by atoms with Crippen molar-refractivity contribution in [3.8, 4) is 11.8 Å². The van der Waals surface area contributed by atoms with E-state index in [1.165, 1.54) is 23.5 Å². The van der Waals surface area contributed by atoms with Gasteiger partial charge < -0.3 is 10.5 Å². The third-order valence-corrected chi connectivity index (χ3v) is 5.93. The number of ether oxygens (including phenoxy) is 1. The fourth-order valence-corrected chi connectivity index (χ4v) is 4.24. The van der Waals surface area contributed by atoms with Crippen LogP contribution in [-0.4, -0.2) is 32.4 Å². The van der Waals surface area contributed by atoms with Gasteiger partial charge in [0.25, 0.3) is 0 Å². The molecule has 1 fully saturated rings. The summed E-state index contributed by atoms with van der Waals surface area (Å²) >= 11 is 3.25. The van der Waals surface area contributed by atoms with Gasteiger partial charge in [0.15, 0.2) is 0 Å². The maximum absolute atomic E-state index is 12.8. The van der Waals surface area contributed by atoms with Gasteiger partial charge in [0.2, 0.25) is 10.0 Å². The number of benzene rings is 1. The molecule has 8 heteroatoms. The number of sulfonamides is 1. The Bertz CT molecular complexity index is 681. The second-order valence-electron chi connectivity index (χ2n) is 4.78. The molecule has 0 unspecified atom stereocenters. The summed E-state index contributed by atoms with van der Waals surface area (Å²) in [7, 11) is -2.33. The maximum Gasteiger partial charge on any atom is 0.247 e. The van der Waals surface area contributed by atoms with Crippen molar-refractivity contribution in [1.82, 2.24) is 4.31 Å². The quantitative estimate of drug-likeness (QED) is 0.770. The number of hydrogen-bond donors (Lipinski definition) is 1. The van der Waals surface area contributed by atoms with Gasteiger partial charge in [-0.3, -0.25) is 0 Å². The highest BCUT2D eigenvalue weighted by atomic mass is 79.9. The van der Waals surface area contributed by atoms with Gasteiger partial charge in [-0.15, -0.1) is 0 Å². The van der Waals surface area contributed by atoms with Crippen molar-refractivity contribution in [2.24, 2.45) is 0 Å². The molecule has 6 nitrogen and oxygen atoms in total. The van der Waals surface area contributed by atoms with E-state index >= 15 is 0 Å². The van der Waals surface area contributed by atoms with Crippen molar-refractivity contribution >= 4 is 31.6 Å². The Balaban J connectivity index is 2.47. The molecular formula is C13H16BrN3O3S. The van der Waals surface area contributed by atoms with Gasteiger partial charge in [-0.25, -0.2) is 8.42 Å². The lowest BCUT2D eigenvalue weighted by Crippen LogP contribution is -2.34. The van der Waals surface area contributed by atoms with Gasteiger partial charge in [-0.05, 0) is 40.9 Å². The number of halogens is 1. The van der Waals surface area contributed by atoms with E-state index in [1.807, 2.05) is 6.07 Å². The minimum atomic E-state index is -3.74. The van der Waals surface area contributed by atoms with Gasteiger partial charge in [0, 0.05) is 29.2 Å². The average molecular weight is 374 g/mol. The second-order valence-corrected chi connectivity index (χ2v) is 7.49. The summed E-state index contributed by atoms with van der Waals surface area (Å²) in [4.78, 5) is 0.0375. The predicted octanol–water partition coefficient (Wildman–Crippen LogP) is 2.11. The summed E-state index contributed by atoms with van der Waals surface area (Å²) in [6.45, 7) is 0.183. The van der Waals surface area contributed by atoms with Crippen molar-refractivity contribution in [2.75, 3.05) is 19.4 Å². The van der Waals surface area contributed by atoms with E-state index < -0.39 is 10.0 Å². The largest absolute Gasteiger partial charge is 0.495 e. The SMILES string of the molecule is COc1cc(Br)c(N)cc1S(=O)(=O)N(CCC#N)C1CC1. The number of nitrogens with zero attached hydrogens (tertiary/aromatic N) is 2. The first kappa shape index (κ1) is 16.1. The van der Waals surface area contributed by atoms with Crippen LogP contribution < -0.4 is 10.5 Å². The first-order chi connectivity index (χ1) is 9.91. The van der Waals surface area contributed by atoms with Crippen molar-refractivity contribution in [2.45, 2.75) is 30.2 Å². The van der Waals surface area contributed by atoms with Crippen LogP contribution >= 0.6 is 15.9 Å². The Morgan fingerprint density at radius 2 is 2.19 bits per heavy atom. The molecule has 0 heterocycles. The number of nitrogens with two attached hydrogens (primary N) is 1. The fraction of sp³-hybridized carbons (Fsp3) is 0.462. The zero-order chi connectivity index (χ0) is 15.6. The Morgan fingerprint density at radius 3 is 2.71 bits per heavy atom. The number of nitrogen functional groups attached to an aromatic ring is 1. The molecule has 114 valence electrons. The molecule has 1 aliphatic rings. The highest BCUT2D eigenvalue weighted by molar-refractivity contribution is 9.10. The molecule has 1 aliphatic carbocycles. The topological polar surface area (TPSA) is 96.4 Å². The molecule has 0 atom stereocenters. The van der Waals surface area contributed by atoms with Gasteiger partial charge in [0.1, 0.15) is 10.6 Å². The third kappa shape index (κ3) is 3.31. The van der Waals surface area contributed by atoms with Crippen molar-refractivity contribution in [3.05, 3.63) is 16.6 Å². The van der Waals surface area contributed by atoms with Crippen molar-refractivity contribution in [3.63, 3.8) is 0 Å². The number of methoxy groups -OCH3 is 1. The molecule has 1 saturated carbocycles. The predicted molar refractivity (Wildman–Crippen MR) is 82.3 cm³/mol. The normalized spacial score (nSPS) is 15.0. The molecule has 0 aliphatic heterocycles. The van der Waals surface area contributed by atoms with Gasteiger partial charge in [-0.1, -0.05) is 0 Å². The molecular weight excluding hydrogens is 358 g/mol. The molecule has 2 rings (SSSR count). The van der Waals surface area contributed by atoms with E-state index in [2.05, 4.69) is 15.9 Å². The molecule has 0 saturated heterocycles. The van der Waals surface area contributed by atoms with E-state index in [1.54, 1.807) is 0 Å². The maximum atomic E-state index is 12.8. The standard InChI is InChI=1S/C13H16BrN3O3S/c1-20-12-7-10(14)11(16)8-13(12)21(18,19)17(6-2-5-15)9-3-4-9/h7-9H,2-4,6,16H2,1H3. The van der Waals surface area contributed by atoms with Crippen LogP contribution in [0.2, 0.25) is 0 Å². The summed E-state index contributed by atoms with van der Waals surface area (Å²) in [6.07, 6.45) is 1.79. The summed E-state index contributed by atoms with van der Waals surface area (Å²) in [6, 6.07) is 4.88. The molecule has 0 aromatic heterocycles. The molecule has 1 aromatic carbocycles. The van der Waals surface area contributed by atoms with E-state index in [4.69, 9.17) is 15.7 Å². The monoisotopic (exact) mass is 373 g/mol. The highest BCUT2D eigenvalue weighted by Crippen LogP contribution is 2.38. The number of nitriles is 1. The zero-order valence-corrected chi connectivity index (χ0v) is 13.9. The smallest absolute Gasteiger partial charge is 0.247 e. The lowest BCUT2D eigenvalue weighted by molar-refractivity contribution is 0.387. The van der Waals surface area contributed by atoms with Crippen LogP contribution in [0.4, 0.5) is 5.69 Å². The van der Waals surface area contributed by atoms with Crippen molar-refractivity contribution in [1.29, 1.82) is 5.26 Å². The molecule has 0 amide bonds. The third-order valence-electron chi connectivity index (χ3n) is 3.27. The highest BCUT2D eigenvalue weighted by Gasteiger charge is 2.39. The molecule has 0 bridgehead atoms. The molecule has 21 heavy (non-hydrogen) atoms. The average Bonchev–Trinajstić information content (AvgIpc) is 3.26. The van der Waals surface area contributed by atoms with Crippen LogP contribution in [0.15, 0.2) is 21.5 Å². The van der Waals surface area contributed by atoms with Gasteiger partial charge in [0.05, 0.1) is 13.2 Å². The number of hydrogen-bond acceptors (Lipinski definition) is 5. The van der Waals surface area contributed by atoms with Crippen LogP contribution in [0.5, 0.6) is 5.75 Å². The summed E-state index contributed by atoms with van der Waals surface area (Å²) in [5.74, 6) is 0.235. The molecule has 2 N–H and O–H groups in total. The molecule has 0 radical (unpaired) electrons. The Morgan fingerprint density at radius 1 is 1.52 bits per heavy atom. The second kappa shape index (κ2) is 6.22. The Kier molecular flexibility index (Phi) is 4.76. The lowest BCUT2D eigenvalue weighted by atomic mass is 10.3. The first-order valence-electron chi connectivity index (χ1n) is 6.43. The van der Waals surface area contributed by atoms with E-state index in [9.17, 15) is 8.42 Å². The fourth-order valence-electron chi connectivity index (χ4n) is 2.06. The summed E-state index contributed by atoms with van der Waals surface area (Å²) in [5.41, 5.74) is 6.12. The van der Waals surface area contributed by atoms with E-state index in [0.29, 0.717) is 10.2 Å².